The summed E-state index contributed by atoms with van der Waals surface area (Å²) in [6, 6.07) is -4.93. The molecule has 3 amide bonds. The van der Waals surface area contributed by atoms with Gasteiger partial charge in [0.15, 0.2) is 5.96 Å². The molecule has 4 unspecified atom stereocenters. The van der Waals surface area contributed by atoms with E-state index in [0.29, 0.717) is 5.69 Å². The summed E-state index contributed by atoms with van der Waals surface area (Å²) in [4.78, 5) is 59.4. The number of thiol groups is 1. The molecule has 1 aromatic heterocycles. The molecule has 1 aromatic rings. The molecule has 0 saturated heterocycles. The fourth-order valence-corrected chi connectivity index (χ4v) is 2.85. The van der Waals surface area contributed by atoms with E-state index < -0.39 is 54.5 Å². The monoisotopic (exact) mass is 501 g/mol. The quantitative estimate of drug-likeness (QED) is 0.0479. The van der Waals surface area contributed by atoms with Crippen LogP contribution in [0.25, 0.3) is 0 Å². The van der Waals surface area contributed by atoms with Crippen LogP contribution < -0.4 is 33.2 Å². The maximum absolute atomic E-state index is 12.8. The van der Waals surface area contributed by atoms with Gasteiger partial charge in [-0.05, 0) is 12.8 Å². The molecule has 0 bridgehead atoms. The van der Waals surface area contributed by atoms with Gasteiger partial charge < -0.3 is 48.3 Å². The number of aliphatic hydroxyl groups excluding tert-OH is 1. The lowest BCUT2D eigenvalue weighted by Crippen LogP contribution is -2.58. The first-order valence-electron chi connectivity index (χ1n) is 10.2. The van der Waals surface area contributed by atoms with Crippen LogP contribution in [0.5, 0.6) is 0 Å². The smallest absolute Gasteiger partial charge is 0.326 e. The fraction of sp³-hybridized carbons (Fsp3) is 0.556. The number of carbonyl (C=O) groups is 4. The van der Waals surface area contributed by atoms with Crippen molar-refractivity contribution in [2.45, 2.75) is 43.4 Å². The number of nitrogens with zero attached hydrogens (tertiary/aromatic N) is 2. The number of carbonyl (C=O) groups excluding carboxylic acids is 3. The van der Waals surface area contributed by atoms with Crippen LogP contribution in [0.15, 0.2) is 17.5 Å². The number of carboxylic acids is 1. The van der Waals surface area contributed by atoms with Gasteiger partial charge in [-0.3, -0.25) is 19.4 Å². The van der Waals surface area contributed by atoms with E-state index in [2.05, 4.69) is 43.5 Å². The zero-order valence-electron chi connectivity index (χ0n) is 18.3. The Morgan fingerprint density at radius 1 is 1.09 bits per heavy atom. The molecule has 0 aliphatic rings. The first-order valence-corrected chi connectivity index (χ1v) is 10.9. The molecule has 12 N–H and O–H groups in total. The minimum atomic E-state index is -1.48. The predicted molar refractivity (Wildman–Crippen MR) is 125 cm³/mol. The number of carboxylic acid groups (broad SMARTS) is 1. The van der Waals surface area contributed by atoms with Gasteiger partial charge in [0.1, 0.15) is 18.1 Å². The highest BCUT2D eigenvalue weighted by Gasteiger charge is 2.30. The summed E-state index contributed by atoms with van der Waals surface area (Å²) in [6.07, 6.45) is 3.08. The van der Waals surface area contributed by atoms with Crippen LogP contribution in [0.1, 0.15) is 18.5 Å². The third-order valence-electron chi connectivity index (χ3n) is 4.52. The van der Waals surface area contributed by atoms with Gasteiger partial charge in [0.25, 0.3) is 0 Å². The highest BCUT2D eigenvalue weighted by Crippen LogP contribution is 2.03. The number of aliphatic carboxylic acids is 1. The van der Waals surface area contributed by atoms with E-state index in [4.69, 9.17) is 17.2 Å². The van der Waals surface area contributed by atoms with Gasteiger partial charge in [-0.2, -0.15) is 12.6 Å². The van der Waals surface area contributed by atoms with Gasteiger partial charge in [-0.15, -0.1) is 0 Å². The van der Waals surface area contributed by atoms with Gasteiger partial charge in [0, 0.05) is 30.6 Å². The second-order valence-corrected chi connectivity index (χ2v) is 7.59. The SMILES string of the molecule is NC(N)=NCCCC(NC(=O)C(CO)NC(=O)C(Cc1cnc[nH]1)NC(=O)C(N)CS)C(=O)O. The van der Waals surface area contributed by atoms with Crippen molar-refractivity contribution in [3.05, 3.63) is 18.2 Å². The Morgan fingerprint density at radius 2 is 1.71 bits per heavy atom. The maximum atomic E-state index is 12.8. The number of hydrogen-bond donors (Lipinski definition) is 10. The van der Waals surface area contributed by atoms with Gasteiger partial charge in [-0.1, -0.05) is 0 Å². The molecule has 0 radical (unpaired) electrons. The topological polar surface area (TPSA) is 264 Å². The first-order chi connectivity index (χ1) is 16.1. The zero-order chi connectivity index (χ0) is 25.7. The number of nitrogens with one attached hydrogen (secondary N) is 4. The number of rotatable bonds is 15. The van der Waals surface area contributed by atoms with E-state index in [1.54, 1.807) is 0 Å². The molecule has 15 nitrogen and oxygen atoms in total. The van der Waals surface area contributed by atoms with E-state index in [1.807, 2.05) is 0 Å². The molecule has 16 heteroatoms. The number of aromatic amines is 1. The Bertz CT molecular complexity index is 847. The Kier molecular flexibility index (Phi) is 12.4. The number of amides is 3. The van der Waals surface area contributed by atoms with Crippen LogP contribution >= 0.6 is 12.6 Å². The third-order valence-corrected chi connectivity index (χ3v) is 4.91. The average Bonchev–Trinajstić information content (AvgIpc) is 3.30. The first kappa shape index (κ1) is 28.7. The van der Waals surface area contributed by atoms with Crippen molar-refractivity contribution in [1.82, 2.24) is 25.9 Å². The highest BCUT2D eigenvalue weighted by atomic mass is 32.1. The minimum Gasteiger partial charge on any atom is -0.480 e. The number of imidazole rings is 1. The van der Waals surface area contributed by atoms with Crippen molar-refractivity contribution < 1.29 is 29.4 Å². The number of aliphatic imine (C=N–C) groups is 1. The van der Waals surface area contributed by atoms with Gasteiger partial charge in [0.05, 0.1) is 19.0 Å². The predicted octanol–water partition coefficient (Wildman–Crippen LogP) is -4.21. The van der Waals surface area contributed by atoms with Gasteiger partial charge in [-0.25, -0.2) is 9.78 Å². The number of hydrogen-bond acceptors (Lipinski definition) is 9. The summed E-state index contributed by atoms with van der Waals surface area (Å²) in [5.41, 5.74) is 16.6. The van der Waals surface area contributed by atoms with Crippen LogP contribution in [0.4, 0.5) is 0 Å². The Labute approximate surface area is 200 Å². The molecular weight excluding hydrogens is 470 g/mol. The van der Waals surface area contributed by atoms with Crippen molar-refractivity contribution >= 4 is 42.3 Å². The largest absolute Gasteiger partial charge is 0.480 e. The second kappa shape index (κ2) is 14.7. The van der Waals surface area contributed by atoms with Crippen molar-refractivity contribution in [3.63, 3.8) is 0 Å². The van der Waals surface area contributed by atoms with E-state index in [1.165, 1.54) is 12.5 Å². The Hall–Kier alpha value is -3.37. The standard InChI is InChI=1S/C18H31N9O6S/c19-10(7-34)14(29)26-12(4-9-5-22-8-24-9)15(30)27-13(6-28)16(31)25-11(17(32)33)2-1-3-23-18(20)21/h5,8,10-13,28,34H,1-4,6-7,19H2,(H,22,24)(H,25,31)(H,26,29)(H,27,30)(H,32,33)(H4,20,21,23). The van der Waals surface area contributed by atoms with Crippen molar-refractivity contribution in [2.75, 3.05) is 18.9 Å². The summed E-state index contributed by atoms with van der Waals surface area (Å²) in [7, 11) is 0. The average molecular weight is 502 g/mol. The lowest BCUT2D eigenvalue weighted by atomic mass is 10.1. The normalized spacial score (nSPS) is 14.2. The minimum absolute atomic E-state index is 0.00404. The molecule has 4 atom stereocenters. The molecular formula is C18H31N9O6S. The number of aromatic nitrogens is 2. The Morgan fingerprint density at radius 3 is 2.24 bits per heavy atom. The van der Waals surface area contributed by atoms with E-state index in [9.17, 15) is 29.4 Å². The molecule has 190 valence electrons. The van der Waals surface area contributed by atoms with Crippen LogP contribution in [-0.4, -0.2) is 92.9 Å². The fourth-order valence-electron chi connectivity index (χ4n) is 2.69. The Balaban J connectivity index is 2.84. The van der Waals surface area contributed by atoms with Crippen LogP contribution in [-0.2, 0) is 25.6 Å². The summed E-state index contributed by atoms with van der Waals surface area (Å²) in [5, 5.41) is 26.0. The summed E-state index contributed by atoms with van der Waals surface area (Å²) < 4.78 is 0. The maximum Gasteiger partial charge on any atom is 0.326 e. The zero-order valence-corrected chi connectivity index (χ0v) is 19.2. The molecule has 0 fully saturated rings. The number of guanidine groups is 1. The molecule has 0 aliphatic carbocycles. The van der Waals surface area contributed by atoms with Crippen molar-refractivity contribution in [1.29, 1.82) is 0 Å². The van der Waals surface area contributed by atoms with Gasteiger partial charge in [0.2, 0.25) is 17.7 Å². The number of aliphatic hydroxyl groups is 1. The highest BCUT2D eigenvalue weighted by molar-refractivity contribution is 7.80. The molecule has 1 rings (SSSR count). The van der Waals surface area contributed by atoms with E-state index in [0.717, 1.165) is 0 Å². The second-order valence-electron chi connectivity index (χ2n) is 7.22. The summed E-state index contributed by atoms with van der Waals surface area (Å²) in [6.45, 7) is -0.662. The molecule has 0 saturated carbocycles. The van der Waals surface area contributed by atoms with E-state index in [-0.39, 0.29) is 37.5 Å². The van der Waals surface area contributed by atoms with Gasteiger partial charge >= 0.3 is 5.97 Å². The molecule has 34 heavy (non-hydrogen) atoms. The summed E-state index contributed by atoms with van der Waals surface area (Å²) >= 11 is 3.95. The molecule has 0 spiro atoms. The van der Waals surface area contributed by atoms with Crippen LogP contribution in [0, 0.1) is 0 Å². The summed E-state index contributed by atoms with van der Waals surface area (Å²) in [5.74, 6) is -3.80. The van der Waals surface area contributed by atoms with Crippen molar-refractivity contribution in [2.24, 2.45) is 22.2 Å². The lowest BCUT2D eigenvalue weighted by molar-refractivity contribution is -0.142. The molecule has 0 aliphatic heterocycles. The van der Waals surface area contributed by atoms with Crippen LogP contribution in [0.3, 0.4) is 0 Å². The van der Waals surface area contributed by atoms with Crippen LogP contribution in [0.2, 0.25) is 0 Å². The number of H-pyrrole nitrogens is 1. The molecule has 0 aromatic carbocycles. The molecule has 1 heterocycles. The van der Waals surface area contributed by atoms with E-state index >= 15 is 0 Å². The lowest BCUT2D eigenvalue weighted by Gasteiger charge is -2.24. The van der Waals surface area contributed by atoms with Crippen molar-refractivity contribution in [3.8, 4) is 0 Å². The third kappa shape index (κ3) is 10.1. The number of nitrogens with two attached hydrogens (primary N) is 3.